The second kappa shape index (κ2) is 8.90. The number of rotatable bonds is 7. The Labute approximate surface area is 149 Å². The Kier molecular flexibility index (Phi) is 6.59. The quantitative estimate of drug-likeness (QED) is 0.434. The van der Waals surface area contributed by atoms with Crippen LogP contribution in [-0.4, -0.2) is 17.7 Å². The van der Waals surface area contributed by atoms with Gasteiger partial charge in [0.2, 0.25) is 0 Å². The van der Waals surface area contributed by atoms with E-state index in [9.17, 15) is 4.79 Å². The highest BCUT2D eigenvalue weighted by Crippen LogP contribution is 2.27. The Hall–Kier alpha value is -2.58. The van der Waals surface area contributed by atoms with E-state index in [1.165, 1.54) is 11.6 Å². The van der Waals surface area contributed by atoms with Crippen LogP contribution in [0.5, 0.6) is 5.75 Å². The maximum atomic E-state index is 10.9. The largest absolute Gasteiger partial charge is 0.492 e. The molecule has 0 atom stereocenters. The van der Waals surface area contributed by atoms with Gasteiger partial charge in [-0.15, -0.1) is 0 Å². The monoisotopic (exact) mass is 385 g/mol. The third-order valence-electron chi connectivity index (χ3n) is 3.33. The van der Waals surface area contributed by atoms with E-state index in [0.717, 1.165) is 17.3 Å². The Morgan fingerprint density at radius 3 is 2.62 bits per heavy atom. The molecule has 0 radical (unpaired) electrons. The molecule has 0 saturated heterocycles. The SMILES string of the molecule is N#CC(=Cc1ccc(OCCCc2ccccc2)c(Br)c1)C(=O)O. The van der Waals surface area contributed by atoms with Crippen molar-refractivity contribution in [3.8, 4) is 11.8 Å². The van der Waals surface area contributed by atoms with Gasteiger partial charge in [-0.1, -0.05) is 36.4 Å². The van der Waals surface area contributed by atoms with Crippen molar-refractivity contribution in [1.82, 2.24) is 0 Å². The predicted molar refractivity (Wildman–Crippen MR) is 95.6 cm³/mol. The molecule has 0 unspecified atom stereocenters. The van der Waals surface area contributed by atoms with Crippen LogP contribution in [0.1, 0.15) is 17.5 Å². The van der Waals surface area contributed by atoms with E-state index >= 15 is 0 Å². The fourth-order valence-electron chi connectivity index (χ4n) is 2.14. The maximum Gasteiger partial charge on any atom is 0.346 e. The van der Waals surface area contributed by atoms with E-state index in [1.807, 2.05) is 18.2 Å². The van der Waals surface area contributed by atoms with Crippen LogP contribution in [0.15, 0.2) is 58.6 Å². The molecule has 0 saturated carbocycles. The zero-order chi connectivity index (χ0) is 17.4. The van der Waals surface area contributed by atoms with Gasteiger partial charge in [0.15, 0.2) is 0 Å². The minimum Gasteiger partial charge on any atom is -0.492 e. The highest BCUT2D eigenvalue weighted by Gasteiger charge is 2.07. The second-order valence-electron chi connectivity index (χ2n) is 5.10. The van der Waals surface area contributed by atoms with E-state index in [-0.39, 0.29) is 5.57 Å². The first-order valence-electron chi connectivity index (χ1n) is 7.41. The predicted octanol–water partition coefficient (Wildman–Crippen LogP) is 4.45. The molecule has 2 aromatic rings. The summed E-state index contributed by atoms with van der Waals surface area (Å²) in [6.07, 6.45) is 3.17. The lowest BCUT2D eigenvalue weighted by Crippen LogP contribution is -2.00. The van der Waals surface area contributed by atoms with E-state index in [0.29, 0.717) is 17.9 Å². The highest BCUT2D eigenvalue weighted by atomic mass is 79.9. The number of carboxylic acid groups (broad SMARTS) is 1. The fourth-order valence-corrected chi connectivity index (χ4v) is 2.65. The van der Waals surface area contributed by atoms with Gasteiger partial charge in [0.25, 0.3) is 0 Å². The molecule has 4 nitrogen and oxygen atoms in total. The molecule has 2 rings (SSSR count). The van der Waals surface area contributed by atoms with Gasteiger partial charge in [-0.05, 0) is 58.1 Å². The van der Waals surface area contributed by atoms with Gasteiger partial charge in [-0.25, -0.2) is 4.79 Å². The number of aliphatic carboxylic acids is 1. The summed E-state index contributed by atoms with van der Waals surface area (Å²) in [5.41, 5.74) is 1.59. The number of ether oxygens (including phenoxy) is 1. The zero-order valence-electron chi connectivity index (χ0n) is 12.9. The van der Waals surface area contributed by atoms with Gasteiger partial charge in [-0.2, -0.15) is 5.26 Å². The molecule has 122 valence electrons. The van der Waals surface area contributed by atoms with Gasteiger partial charge in [0.1, 0.15) is 17.4 Å². The molecule has 0 aromatic heterocycles. The standard InChI is InChI=1S/C19H16BrNO3/c20-17-12-15(11-16(13-21)19(22)23)8-9-18(17)24-10-4-7-14-5-2-1-3-6-14/h1-3,5-6,8-9,11-12H,4,7,10H2,(H,22,23). The summed E-state index contributed by atoms with van der Waals surface area (Å²) in [7, 11) is 0. The Bertz CT molecular complexity index is 779. The smallest absolute Gasteiger partial charge is 0.346 e. The second-order valence-corrected chi connectivity index (χ2v) is 5.96. The molecule has 0 aliphatic carbocycles. The van der Waals surface area contributed by atoms with Crippen LogP contribution in [-0.2, 0) is 11.2 Å². The van der Waals surface area contributed by atoms with Crippen LogP contribution in [0.2, 0.25) is 0 Å². The molecule has 2 aromatic carbocycles. The normalized spacial score (nSPS) is 10.9. The molecule has 0 aliphatic rings. The van der Waals surface area contributed by atoms with E-state index in [1.54, 1.807) is 24.3 Å². The molecule has 0 fully saturated rings. The number of halogens is 1. The lowest BCUT2D eigenvalue weighted by atomic mass is 10.1. The summed E-state index contributed by atoms with van der Waals surface area (Å²) >= 11 is 3.41. The van der Waals surface area contributed by atoms with Gasteiger partial charge < -0.3 is 9.84 Å². The summed E-state index contributed by atoms with van der Waals surface area (Å²) in [4.78, 5) is 10.9. The Balaban J connectivity index is 1.93. The molecule has 1 N–H and O–H groups in total. The summed E-state index contributed by atoms with van der Waals surface area (Å²) < 4.78 is 6.46. The first-order chi connectivity index (χ1) is 11.6. The molecular weight excluding hydrogens is 370 g/mol. The van der Waals surface area contributed by atoms with Gasteiger partial charge in [-0.3, -0.25) is 0 Å². The van der Waals surface area contributed by atoms with Crippen LogP contribution in [0.25, 0.3) is 6.08 Å². The van der Waals surface area contributed by atoms with E-state index in [4.69, 9.17) is 15.1 Å². The number of aryl methyl sites for hydroxylation is 1. The number of hydrogen-bond donors (Lipinski definition) is 1. The lowest BCUT2D eigenvalue weighted by Gasteiger charge is -2.09. The van der Waals surface area contributed by atoms with Crippen molar-refractivity contribution >= 4 is 28.0 Å². The van der Waals surface area contributed by atoms with Gasteiger partial charge in [0, 0.05) is 0 Å². The van der Waals surface area contributed by atoms with E-state index in [2.05, 4.69) is 28.1 Å². The number of benzene rings is 2. The minimum absolute atomic E-state index is 0.307. The fraction of sp³-hybridized carbons (Fsp3) is 0.158. The molecule has 0 aliphatic heterocycles. The van der Waals surface area contributed by atoms with Crippen LogP contribution in [0.3, 0.4) is 0 Å². The minimum atomic E-state index is -1.24. The van der Waals surface area contributed by atoms with Crippen molar-refractivity contribution in [2.45, 2.75) is 12.8 Å². The number of carbonyl (C=O) groups is 1. The Morgan fingerprint density at radius 1 is 1.25 bits per heavy atom. The van der Waals surface area contributed by atoms with Crippen molar-refractivity contribution in [1.29, 1.82) is 5.26 Å². The highest BCUT2D eigenvalue weighted by molar-refractivity contribution is 9.10. The van der Waals surface area contributed by atoms with Crippen molar-refractivity contribution in [3.63, 3.8) is 0 Å². The summed E-state index contributed by atoms with van der Waals surface area (Å²) in [6.45, 7) is 0.585. The number of nitriles is 1. The zero-order valence-corrected chi connectivity index (χ0v) is 14.5. The average Bonchev–Trinajstić information content (AvgIpc) is 2.58. The molecule has 5 heteroatoms. The molecule has 0 heterocycles. The number of nitrogens with zero attached hydrogens (tertiary/aromatic N) is 1. The van der Waals surface area contributed by atoms with Crippen molar-refractivity contribution < 1.29 is 14.6 Å². The number of carboxylic acids is 1. The molecule has 0 amide bonds. The Morgan fingerprint density at radius 2 is 2.00 bits per heavy atom. The van der Waals surface area contributed by atoms with Crippen molar-refractivity contribution in [2.75, 3.05) is 6.61 Å². The molecule has 0 bridgehead atoms. The average molecular weight is 386 g/mol. The molecule has 24 heavy (non-hydrogen) atoms. The first-order valence-corrected chi connectivity index (χ1v) is 8.21. The third-order valence-corrected chi connectivity index (χ3v) is 3.95. The van der Waals surface area contributed by atoms with Crippen LogP contribution < -0.4 is 4.74 Å². The van der Waals surface area contributed by atoms with Crippen molar-refractivity contribution in [3.05, 3.63) is 69.7 Å². The van der Waals surface area contributed by atoms with Crippen LogP contribution in [0.4, 0.5) is 0 Å². The van der Waals surface area contributed by atoms with Crippen LogP contribution >= 0.6 is 15.9 Å². The summed E-state index contributed by atoms with van der Waals surface area (Å²) in [5, 5.41) is 17.7. The van der Waals surface area contributed by atoms with Gasteiger partial charge in [0.05, 0.1) is 11.1 Å². The van der Waals surface area contributed by atoms with Crippen molar-refractivity contribution in [2.24, 2.45) is 0 Å². The topological polar surface area (TPSA) is 70.3 Å². The first kappa shape index (κ1) is 17.8. The number of hydrogen-bond acceptors (Lipinski definition) is 3. The third kappa shape index (κ3) is 5.25. The molecular formula is C19H16BrNO3. The van der Waals surface area contributed by atoms with E-state index < -0.39 is 5.97 Å². The maximum absolute atomic E-state index is 10.9. The van der Waals surface area contributed by atoms with Crippen LogP contribution in [0, 0.1) is 11.3 Å². The lowest BCUT2D eigenvalue weighted by molar-refractivity contribution is -0.132. The van der Waals surface area contributed by atoms with Gasteiger partial charge >= 0.3 is 5.97 Å². The molecule has 0 spiro atoms. The summed E-state index contributed by atoms with van der Waals surface area (Å²) in [5.74, 6) is -0.552. The summed E-state index contributed by atoms with van der Waals surface area (Å²) in [6, 6.07) is 17.1.